The van der Waals surface area contributed by atoms with Gasteiger partial charge in [-0.3, -0.25) is 4.79 Å². The van der Waals surface area contributed by atoms with Crippen molar-refractivity contribution in [2.45, 2.75) is 25.7 Å². The number of thioether (sulfide) groups is 1. The summed E-state index contributed by atoms with van der Waals surface area (Å²) < 4.78 is 6.02. The number of halogens is 1. The van der Waals surface area contributed by atoms with Crippen LogP contribution in [0.4, 0.5) is 5.69 Å². The minimum absolute atomic E-state index is 0.0702. The van der Waals surface area contributed by atoms with Gasteiger partial charge in [-0.05, 0) is 79.9 Å². The Labute approximate surface area is 184 Å². The number of hydrogen-bond donors (Lipinski definition) is 1. The summed E-state index contributed by atoms with van der Waals surface area (Å²) >= 11 is 7.37. The molecule has 1 aromatic heterocycles. The lowest BCUT2D eigenvalue weighted by Crippen LogP contribution is -2.14. The van der Waals surface area contributed by atoms with Crippen molar-refractivity contribution in [1.29, 1.82) is 0 Å². The van der Waals surface area contributed by atoms with Gasteiger partial charge < -0.3 is 9.73 Å². The van der Waals surface area contributed by atoms with Gasteiger partial charge in [0.25, 0.3) is 0 Å². The minimum atomic E-state index is -0.0702. The van der Waals surface area contributed by atoms with E-state index in [2.05, 4.69) is 16.4 Å². The third kappa shape index (κ3) is 4.53. The molecule has 0 bridgehead atoms. The Hall–Kier alpha value is -2.76. The van der Waals surface area contributed by atoms with E-state index >= 15 is 0 Å². The first kappa shape index (κ1) is 20.5. The zero-order valence-corrected chi connectivity index (χ0v) is 18.5. The van der Waals surface area contributed by atoms with Crippen molar-refractivity contribution in [3.8, 4) is 11.5 Å². The fourth-order valence-corrected chi connectivity index (χ4v) is 4.08. The van der Waals surface area contributed by atoms with Gasteiger partial charge >= 0.3 is 0 Å². The highest BCUT2D eigenvalue weighted by Crippen LogP contribution is 2.30. The van der Waals surface area contributed by atoms with E-state index in [0.717, 1.165) is 43.9 Å². The number of benzene rings is 3. The minimum Gasteiger partial charge on any atom is -0.436 e. The van der Waals surface area contributed by atoms with Crippen molar-refractivity contribution < 1.29 is 9.21 Å². The maximum absolute atomic E-state index is 12.5. The van der Waals surface area contributed by atoms with Crippen molar-refractivity contribution in [2.24, 2.45) is 0 Å². The zero-order valence-electron chi connectivity index (χ0n) is 17.0. The molecule has 152 valence electrons. The standard InChI is InChI=1S/C24H21ClN2O2S/c1-14-10-16(3)23-21(11-14)27-24(29-23)17-5-4-15(2)20(12-17)26-22(28)13-30-19-8-6-18(25)7-9-19/h4-12H,13H2,1-3H3,(H,26,28). The van der Waals surface area contributed by atoms with E-state index in [4.69, 9.17) is 16.0 Å². The number of nitrogens with one attached hydrogen (secondary N) is 1. The van der Waals surface area contributed by atoms with Crippen molar-refractivity contribution >= 4 is 46.1 Å². The largest absolute Gasteiger partial charge is 0.436 e. The number of carbonyl (C=O) groups is 1. The van der Waals surface area contributed by atoms with Crippen LogP contribution < -0.4 is 5.32 Å². The first-order valence-electron chi connectivity index (χ1n) is 9.56. The molecule has 0 spiro atoms. The number of nitrogens with zero attached hydrogens (tertiary/aromatic N) is 1. The molecule has 0 aliphatic heterocycles. The summed E-state index contributed by atoms with van der Waals surface area (Å²) in [5.74, 6) is 0.788. The smallest absolute Gasteiger partial charge is 0.234 e. The number of aryl methyl sites for hydroxylation is 3. The molecule has 4 rings (SSSR count). The van der Waals surface area contributed by atoms with Crippen molar-refractivity contribution in [1.82, 2.24) is 4.98 Å². The Morgan fingerprint density at radius 3 is 2.57 bits per heavy atom. The molecule has 0 aliphatic rings. The number of anilines is 1. The number of aromatic nitrogens is 1. The summed E-state index contributed by atoms with van der Waals surface area (Å²) in [6, 6.07) is 17.4. The molecular formula is C24H21ClN2O2S. The van der Waals surface area contributed by atoms with E-state index in [1.807, 2.05) is 69.3 Å². The van der Waals surface area contributed by atoms with Crippen LogP contribution in [-0.2, 0) is 4.79 Å². The second-order valence-corrected chi connectivity index (χ2v) is 8.75. The molecule has 0 saturated carbocycles. The molecule has 6 heteroatoms. The molecule has 3 aromatic carbocycles. The summed E-state index contributed by atoms with van der Waals surface area (Å²) in [6.45, 7) is 6.02. The molecule has 4 aromatic rings. The van der Waals surface area contributed by atoms with Crippen LogP contribution in [0.2, 0.25) is 5.02 Å². The van der Waals surface area contributed by atoms with Gasteiger partial charge in [-0.2, -0.15) is 0 Å². The summed E-state index contributed by atoms with van der Waals surface area (Å²) in [5.41, 5.74) is 6.40. The lowest BCUT2D eigenvalue weighted by molar-refractivity contribution is -0.113. The molecular weight excluding hydrogens is 416 g/mol. The number of amides is 1. The summed E-state index contributed by atoms with van der Waals surface area (Å²) in [5, 5.41) is 3.68. The molecule has 0 aliphatic carbocycles. The lowest BCUT2D eigenvalue weighted by Gasteiger charge is -2.09. The first-order chi connectivity index (χ1) is 14.4. The van der Waals surface area contributed by atoms with Crippen molar-refractivity contribution in [3.63, 3.8) is 0 Å². The van der Waals surface area contributed by atoms with Crippen LogP contribution in [0.25, 0.3) is 22.6 Å². The Morgan fingerprint density at radius 2 is 1.80 bits per heavy atom. The summed E-state index contributed by atoms with van der Waals surface area (Å²) in [4.78, 5) is 18.1. The fourth-order valence-electron chi connectivity index (χ4n) is 3.26. The second kappa shape index (κ2) is 8.54. The topological polar surface area (TPSA) is 55.1 Å². The monoisotopic (exact) mass is 436 g/mol. The predicted octanol–water partition coefficient (Wildman–Crippen LogP) is 6.80. The van der Waals surface area contributed by atoms with Gasteiger partial charge in [0.1, 0.15) is 5.52 Å². The molecule has 4 nitrogen and oxygen atoms in total. The summed E-state index contributed by atoms with van der Waals surface area (Å²) in [6.07, 6.45) is 0. The van der Waals surface area contributed by atoms with Crippen molar-refractivity contribution in [2.75, 3.05) is 11.1 Å². The highest BCUT2D eigenvalue weighted by Gasteiger charge is 2.13. The van der Waals surface area contributed by atoms with Crippen LogP contribution in [0.5, 0.6) is 0 Å². The average Bonchev–Trinajstić information content (AvgIpc) is 3.13. The van der Waals surface area contributed by atoms with E-state index in [0.29, 0.717) is 16.7 Å². The normalized spacial score (nSPS) is 11.1. The number of oxazole rings is 1. The maximum atomic E-state index is 12.5. The molecule has 30 heavy (non-hydrogen) atoms. The maximum Gasteiger partial charge on any atom is 0.234 e. The third-order valence-corrected chi connectivity index (χ3v) is 6.03. The van der Waals surface area contributed by atoms with Crippen LogP contribution in [0.15, 0.2) is 63.9 Å². The Balaban J connectivity index is 1.52. The molecule has 1 N–H and O–H groups in total. The molecule has 1 amide bonds. The number of rotatable bonds is 5. The van der Waals surface area contributed by atoms with E-state index in [-0.39, 0.29) is 5.91 Å². The number of carbonyl (C=O) groups excluding carboxylic acids is 1. The van der Waals surface area contributed by atoms with Crippen molar-refractivity contribution in [3.05, 3.63) is 76.3 Å². The Bertz CT molecular complexity index is 1230. The van der Waals surface area contributed by atoms with E-state index < -0.39 is 0 Å². The molecule has 0 radical (unpaired) electrons. The summed E-state index contributed by atoms with van der Waals surface area (Å²) in [7, 11) is 0. The van der Waals surface area contributed by atoms with Crippen LogP contribution in [0.3, 0.4) is 0 Å². The van der Waals surface area contributed by atoms with Crippen LogP contribution >= 0.6 is 23.4 Å². The van der Waals surface area contributed by atoms with Gasteiger partial charge in [0, 0.05) is 21.2 Å². The van der Waals surface area contributed by atoms with E-state index in [9.17, 15) is 4.79 Å². The number of fused-ring (bicyclic) bond motifs is 1. The van der Waals surface area contributed by atoms with Gasteiger partial charge in [0.05, 0.1) is 5.75 Å². The molecule has 0 unspecified atom stereocenters. The highest BCUT2D eigenvalue weighted by atomic mass is 35.5. The zero-order chi connectivity index (χ0) is 21.3. The quantitative estimate of drug-likeness (QED) is 0.349. The van der Waals surface area contributed by atoms with Crippen LogP contribution in [0, 0.1) is 20.8 Å². The highest BCUT2D eigenvalue weighted by molar-refractivity contribution is 8.00. The lowest BCUT2D eigenvalue weighted by atomic mass is 10.1. The average molecular weight is 437 g/mol. The van der Waals surface area contributed by atoms with Crippen LogP contribution in [-0.4, -0.2) is 16.6 Å². The van der Waals surface area contributed by atoms with Gasteiger partial charge in [-0.25, -0.2) is 4.98 Å². The SMILES string of the molecule is Cc1cc(C)c2oc(-c3ccc(C)c(NC(=O)CSc4ccc(Cl)cc4)c3)nc2c1. The number of hydrogen-bond acceptors (Lipinski definition) is 4. The molecule has 0 fully saturated rings. The molecule has 1 heterocycles. The molecule has 0 saturated heterocycles. The fraction of sp³-hybridized carbons (Fsp3) is 0.167. The van der Waals surface area contributed by atoms with E-state index in [1.54, 1.807) is 0 Å². The van der Waals surface area contributed by atoms with Gasteiger partial charge in [0.15, 0.2) is 5.58 Å². The molecule has 0 atom stereocenters. The Morgan fingerprint density at radius 1 is 1.03 bits per heavy atom. The predicted molar refractivity (Wildman–Crippen MR) is 124 cm³/mol. The van der Waals surface area contributed by atoms with Gasteiger partial charge in [-0.15, -0.1) is 11.8 Å². The second-order valence-electron chi connectivity index (χ2n) is 7.27. The third-order valence-electron chi connectivity index (χ3n) is 4.76. The van der Waals surface area contributed by atoms with Crippen LogP contribution in [0.1, 0.15) is 16.7 Å². The first-order valence-corrected chi connectivity index (χ1v) is 10.9. The van der Waals surface area contributed by atoms with E-state index in [1.165, 1.54) is 11.8 Å². The van der Waals surface area contributed by atoms with Gasteiger partial charge in [0.2, 0.25) is 11.8 Å². The Kier molecular flexibility index (Phi) is 5.84. The van der Waals surface area contributed by atoms with Gasteiger partial charge in [-0.1, -0.05) is 23.7 Å².